The highest BCUT2D eigenvalue weighted by Crippen LogP contribution is 1.82. The fourth-order valence-electron chi connectivity index (χ4n) is 0.348. The highest BCUT2D eigenvalue weighted by atomic mass is 16.6. The van der Waals surface area contributed by atoms with Crippen LogP contribution in [0.3, 0.4) is 0 Å². The zero-order chi connectivity index (χ0) is 7.11. The monoisotopic (exact) mass is 133 g/mol. The van der Waals surface area contributed by atoms with Gasteiger partial charge in [-0.05, 0) is 6.92 Å². The number of ether oxygens (including phenoxy) is 1. The molecule has 2 N–H and O–H groups in total. The van der Waals surface area contributed by atoms with Gasteiger partial charge < -0.3 is 15.2 Å². The lowest BCUT2D eigenvalue weighted by molar-refractivity contribution is 0.178. The van der Waals surface area contributed by atoms with Gasteiger partial charge >= 0.3 is 6.09 Å². The predicted molar refractivity (Wildman–Crippen MR) is 32.1 cm³/mol. The van der Waals surface area contributed by atoms with E-state index in [4.69, 9.17) is 5.11 Å². The van der Waals surface area contributed by atoms with Gasteiger partial charge in [-0.2, -0.15) is 0 Å². The Bertz CT molecular complexity index is 76.3. The topological polar surface area (TPSA) is 58.6 Å². The van der Waals surface area contributed by atoms with E-state index >= 15 is 0 Å². The van der Waals surface area contributed by atoms with Gasteiger partial charge in [-0.3, -0.25) is 0 Å². The third-order valence-electron chi connectivity index (χ3n) is 0.605. The molecule has 0 aromatic heterocycles. The van der Waals surface area contributed by atoms with Crippen LogP contribution in [-0.4, -0.2) is 31.0 Å². The fraction of sp³-hybridized carbons (Fsp3) is 0.800. The van der Waals surface area contributed by atoms with Gasteiger partial charge in [0.2, 0.25) is 0 Å². The first-order valence-corrected chi connectivity index (χ1v) is 2.82. The summed E-state index contributed by atoms with van der Waals surface area (Å²) < 4.78 is 4.40. The number of amides is 1. The summed E-state index contributed by atoms with van der Waals surface area (Å²) in [6, 6.07) is 0. The first-order chi connectivity index (χ1) is 4.31. The van der Waals surface area contributed by atoms with Gasteiger partial charge in [-0.1, -0.05) is 0 Å². The Labute approximate surface area is 53.8 Å². The molecule has 4 heteroatoms. The molecule has 0 atom stereocenters. The Hall–Kier alpha value is -0.770. The molecule has 0 radical (unpaired) electrons. The summed E-state index contributed by atoms with van der Waals surface area (Å²) in [4.78, 5) is 9.91. The molecular formula is C5H11NO3. The molecular weight excluding hydrogens is 122 g/mol. The van der Waals surface area contributed by atoms with E-state index < -0.39 is 0 Å². The van der Waals surface area contributed by atoms with Crippen molar-refractivity contribution < 1.29 is 14.6 Å². The lowest BCUT2D eigenvalue weighted by Crippen LogP contribution is -2.11. The number of aliphatic hydroxyl groups is 1. The molecule has 4 nitrogen and oxygen atoms in total. The van der Waals surface area contributed by atoms with Crippen molar-refractivity contribution in [3.05, 3.63) is 0 Å². The van der Waals surface area contributed by atoms with Crippen molar-refractivity contribution in [2.24, 2.45) is 0 Å². The van der Waals surface area contributed by atoms with Gasteiger partial charge in [0.15, 0.2) is 0 Å². The minimum absolute atomic E-state index is 0.250. The molecule has 1 aliphatic rings. The van der Waals surface area contributed by atoms with Gasteiger partial charge in [0.25, 0.3) is 0 Å². The van der Waals surface area contributed by atoms with Crippen LogP contribution < -0.4 is 5.32 Å². The number of carbonyl (C=O) groups is 1. The van der Waals surface area contributed by atoms with Gasteiger partial charge in [0.1, 0.15) is 6.61 Å². The highest BCUT2D eigenvalue weighted by molar-refractivity contribution is 5.68. The average molecular weight is 133 g/mol. The summed E-state index contributed by atoms with van der Waals surface area (Å²) in [5, 5.41) is 10.0. The number of aliphatic hydroxyl groups excluding tert-OH is 1. The zero-order valence-electron chi connectivity index (χ0n) is 5.39. The standard InChI is InChI=1S/C3H5NO2.C2H6O/c5-3-4-1-2-6-3;1-2-3/h1-2H2,(H,4,5);3H,2H2,1H3. The molecule has 1 heterocycles. The number of hydrogen-bond donors (Lipinski definition) is 2. The maximum atomic E-state index is 9.91. The number of alkyl carbamates (subject to hydrolysis) is 1. The van der Waals surface area contributed by atoms with E-state index in [-0.39, 0.29) is 12.7 Å². The van der Waals surface area contributed by atoms with Crippen molar-refractivity contribution in [3.8, 4) is 0 Å². The van der Waals surface area contributed by atoms with Crippen LogP contribution in [0, 0.1) is 0 Å². The lowest BCUT2D eigenvalue weighted by Gasteiger charge is -1.80. The van der Waals surface area contributed by atoms with E-state index in [0.29, 0.717) is 13.2 Å². The smallest absolute Gasteiger partial charge is 0.407 e. The minimum Gasteiger partial charge on any atom is -0.448 e. The summed E-state index contributed by atoms with van der Waals surface area (Å²) in [7, 11) is 0. The van der Waals surface area contributed by atoms with E-state index in [2.05, 4.69) is 10.1 Å². The number of hydrogen-bond acceptors (Lipinski definition) is 3. The van der Waals surface area contributed by atoms with Gasteiger partial charge in [0, 0.05) is 6.61 Å². The zero-order valence-corrected chi connectivity index (χ0v) is 5.39. The maximum Gasteiger partial charge on any atom is 0.407 e. The van der Waals surface area contributed by atoms with Crippen LogP contribution in [-0.2, 0) is 4.74 Å². The molecule has 1 rings (SSSR count). The van der Waals surface area contributed by atoms with Crippen LogP contribution in [0.4, 0.5) is 4.79 Å². The third kappa shape index (κ3) is 5.10. The van der Waals surface area contributed by atoms with Crippen molar-refractivity contribution in [2.45, 2.75) is 6.92 Å². The molecule has 1 amide bonds. The van der Waals surface area contributed by atoms with Crippen LogP contribution in [0.15, 0.2) is 0 Å². The van der Waals surface area contributed by atoms with Gasteiger partial charge in [0.05, 0.1) is 6.54 Å². The first-order valence-electron chi connectivity index (χ1n) is 2.82. The summed E-state index contributed by atoms with van der Waals surface area (Å²) in [5.74, 6) is 0. The number of cyclic esters (lactones) is 1. The van der Waals surface area contributed by atoms with Gasteiger partial charge in [-0.25, -0.2) is 4.79 Å². The lowest BCUT2D eigenvalue weighted by atomic mass is 10.7. The molecule has 9 heavy (non-hydrogen) atoms. The normalized spacial score (nSPS) is 15.1. The van der Waals surface area contributed by atoms with E-state index in [1.165, 1.54) is 0 Å². The summed E-state index contributed by atoms with van der Waals surface area (Å²) in [6.45, 7) is 3.12. The molecule has 54 valence electrons. The quantitative estimate of drug-likeness (QED) is 0.478. The predicted octanol–water partition coefficient (Wildman–Crippen LogP) is -0.275. The molecule has 1 fully saturated rings. The van der Waals surface area contributed by atoms with E-state index in [1.807, 2.05) is 0 Å². The molecule has 1 aliphatic heterocycles. The Kier molecular flexibility index (Phi) is 4.91. The Balaban J connectivity index is 0.000000187. The second kappa shape index (κ2) is 5.37. The largest absolute Gasteiger partial charge is 0.448 e. The van der Waals surface area contributed by atoms with Crippen molar-refractivity contribution in [1.82, 2.24) is 5.32 Å². The Morgan fingerprint density at radius 3 is 2.56 bits per heavy atom. The SMILES string of the molecule is CCO.O=C1NCCO1. The molecule has 1 saturated heterocycles. The average Bonchev–Trinajstić information content (AvgIpc) is 2.20. The minimum atomic E-state index is -0.296. The van der Waals surface area contributed by atoms with Crippen molar-refractivity contribution >= 4 is 6.09 Å². The fourth-order valence-corrected chi connectivity index (χ4v) is 0.348. The van der Waals surface area contributed by atoms with Crippen LogP contribution in [0.25, 0.3) is 0 Å². The maximum absolute atomic E-state index is 9.91. The van der Waals surface area contributed by atoms with Crippen LogP contribution >= 0.6 is 0 Å². The van der Waals surface area contributed by atoms with E-state index in [9.17, 15) is 4.79 Å². The number of rotatable bonds is 0. The molecule has 0 unspecified atom stereocenters. The summed E-state index contributed by atoms with van der Waals surface area (Å²) >= 11 is 0. The second-order valence-corrected chi connectivity index (χ2v) is 1.38. The first kappa shape index (κ1) is 8.23. The third-order valence-corrected chi connectivity index (χ3v) is 0.605. The van der Waals surface area contributed by atoms with Crippen molar-refractivity contribution in [1.29, 1.82) is 0 Å². The highest BCUT2D eigenvalue weighted by Gasteiger charge is 2.06. The number of carbonyl (C=O) groups excluding carboxylic acids is 1. The van der Waals surface area contributed by atoms with Crippen LogP contribution in [0.2, 0.25) is 0 Å². The molecule has 0 aliphatic carbocycles. The van der Waals surface area contributed by atoms with Crippen molar-refractivity contribution in [2.75, 3.05) is 19.8 Å². The van der Waals surface area contributed by atoms with Crippen LogP contribution in [0.1, 0.15) is 6.92 Å². The van der Waals surface area contributed by atoms with Crippen LogP contribution in [0.5, 0.6) is 0 Å². The molecule has 0 bridgehead atoms. The second-order valence-electron chi connectivity index (χ2n) is 1.38. The Morgan fingerprint density at radius 2 is 2.44 bits per heavy atom. The van der Waals surface area contributed by atoms with E-state index in [0.717, 1.165) is 0 Å². The molecule has 0 spiro atoms. The summed E-state index contributed by atoms with van der Waals surface area (Å²) in [5.41, 5.74) is 0. The van der Waals surface area contributed by atoms with Crippen molar-refractivity contribution in [3.63, 3.8) is 0 Å². The molecule has 0 aromatic rings. The van der Waals surface area contributed by atoms with E-state index in [1.54, 1.807) is 6.92 Å². The molecule has 0 aromatic carbocycles. The number of nitrogens with one attached hydrogen (secondary N) is 1. The summed E-state index contributed by atoms with van der Waals surface area (Å²) in [6.07, 6.45) is -0.296. The Morgan fingerprint density at radius 1 is 1.89 bits per heavy atom. The van der Waals surface area contributed by atoms with Gasteiger partial charge in [-0.15, -0.1) is 0 Å². The molecule has 0 saturated carbocycles.